The predicted octanol–water partition coefficient (Wildman–Crippen LogP) is 0.557. The summed E-state index contributed by atoms with van der Waals surface area (Å²) >= 11 is 1.65. The number of β-lactam (4-membered cyclic amide) rings is 1. The van der Waals surface area contributed by atoms with E-state index in [9.17, 15) is 19.8 Å². The highest BCUT2D eigenvalue weighted by atomic mass is 32.2. The van der Waals surface area contributed by atoms with Crippen LogP contribution < -0.4 is 5.32 Å². The summed E-state index contributed by atoms with van der Waals surface area (Å²) < 4.78 is 0. The molecule has 0 bridgehead atoms. The Labute approximate surface area is 164 Å². The highest BCUT2D eigenvalue weighted by Crippen LogP contribution is 2.51. The van der Waals surface area contributed by atoms with Crippen LogP contribution >= 0.6 is 11.8 Å². The molecule has 3 N–H and O–H groups in total. The van der Waals surface area contributed by atoms with Gasteiger partial charge in [-0.2, -0.15) is 0 Å². The number of thioether (sulfide) groups is 1. The number of carboxylic acid groups (broad SMARTS) is 1. The summed E-state index contributed by atoms with van der Waals surface area (Å²) in [4.78, 5) is 29.0. The summed E-state index contributed by atoms with van der Waals surface area (Å²) in [5, 5.41) is 23.5. The number of hydrogen-bond donors (Lipinski definition) is 3. The van der Waals surface area contributed by atoms with Gasteiger partial charge >= 0.3 is 5.97 Å². The molecule has 3 fully saturated rings. The first-order chi connectivity index (χ1) is 12.9. The van der Waals surface area contributed by atoms with Crippen molar-refractivity contribution in [2.24, 2.45) is 17.8 Å². The number of carboxylic acids is 1. The number of aliphatic hydroxyl groups excluding tert-OH is 1. The number of hydrogen-bond acceptors (Lipinski definition) is 6. The SMILES string of the molecule is CC(O)[C@H]1C(=O)N2C(C(=O)O)=C(S[C@@H]3CCN(C[C@@H]4CCNC4)C3)[C@H](C)[C@H]12. The zero-order valence-electron chi connectivity index (χ0n) is 15.9. The second kappa shape index (κ2) is 7.39. The van der Waals surface area contributed by atoms with Crippen LogP contribution in [0.1, 0.15) is 26.7 Å². The zero-order chi connectivity index (χ0) is 19.3. The summed E-state index contributed by atoms with van der Waals surface area (Å²) in [6, 6.07) is -0.215. The van der Waals surface area contributed by atoms with Crippen molar-refractivity contribution in [2.75, 3.05) is 32.7 Å². The number of aliphatic hydroxyl groups is 1. The number of fused-ring (bicyclic) bond motifs is 1. The molecular formula is C19H29N3O4S. The maximum atomic E-state index is 12.4. The minimum Gasteiger partial charge on any atom is -0.477 e. The molecule has 0 aromatic carbocycles. The summed E-state index contributed by atoms with van der Waals surface area (Å²) in [6.45, 7) is 8.96. The molecule has 1 amide bonds. The number of amides is 1. The van der Waals surface area contributed by atoms with Crippen molar-refractivity contribution < 1.29 is 19.8 Å². The highest BCUT2D eigenvalue weighted by Gasteiger charge is 2.60. The van der Waals surface area contributed by atoms with Gasteiger partial charge in [0.05, 0.1) is 18.1 Å². The van der Waals surface area contributed by atoms with E-state index < -0.39 is 18.0 Å². The van der Waals surface area contributed by atoms with Crippen LogP contribution in [0.2, 0.25) is 0 Å². The van der Waals surface area contributed by atoms with Crippen molar-refractivity contribution in [3.05, 3.63) is 10.6 Å². The van der Waals surface area contributed by atoms with Gasteiger partial charge in [0, 0.05) is 29.2 Å². The molecule has 4 rings (SSSR count). The first-order valence-corrected chi connectivity index (χ1v) is 10.8. The highest BCUT2D eigenvalue weighted by molar-refractivity contribution is 8.03. The van der Waals surface area contributed by atoms with E-state index in [4.69, 9.17) is 0 Å². The summed E-state index contributed by atoms with van der Waals surface area (Å²) in [6.07, 6.45) is 1.54. The molecule has 0 radical (unpaired) electrons. The summed E-state index contributed by atoms with van der Waals surface area (Å²) in [5.74, 6) is -1.08. The molecule has 4 aliphatic rings. The van der Waals surface area contributed by atoms with Crippen LogP contribution in [0.5, 0.6) is 0 Å². The van der Waals surface area contributed by atoms with Crippen molar-refractivity contribution in [2.45, 2.75) is 44.1 Å². The fourth-order valence-electron chi connectivity index (χ4n) is 5.15. The Hall–Kier alpha value is -1.09. The van der Waals surface area contributed by atoms with Crippen LogP contribution in [0.3, 0.4) is 0 Å². The molecule has 8 heteroatoms. The van der Waals surface area contributed by atoms with Gasteiger partial charge in [0.15, 0.2) is 0 Å². The van der Waals surface area contributed by atoms with Crippen LogP contribution in [0.25, 0.3) is 0 Å². The van der Waals surface area contributed by atoms with Gasteiger partial charge in [-0.15, -0.1) is 11.8 Å². The third-order valence-corrected chi connectivity index (χ3v) is 8.05. The third kappa shape index (κ3) is 3.30. The Morgan fingerprint density at radius 3 is 2.81 bits per heavy atom. The molecule has 4 heterocycles. The number of likely N-dealkylation sites (tertiary alicyclic amines) is 1. The molecule has 1 unspecified atom stereocenters. The molecule has 0 aromatic heterocycles. The van der Waals surface area contributed by atoms with Gasteiger partial charge in [-0.05, 0) is 45.3 Å². The fraction of sp³-hybridized carbons (Fsp3) is 0.789. The lowest BCUT2D eigenvalue weighted by Gasteiger charge is -2.46. The number of carbonyl (C=O) groups is 2. The third-order valence-electron chi connectivity index (χ3n) is 6.51. The lowest BCUT2D eigenvalue weighted by Crippen LogP contribution is -2.63. The van der Waals surface area contributed by atoms with E-state index in [0.717, 1.165) is 50.0 Å². The fourth-order valence-corrected chi connectivity index (χ4v) is 6.67. The van der Waals surface area contributed by atoms with E-state index in [1.807, 2.05) is 6.92 Å². The Kier molecular flexibility index (Phi) is 5.26. The lowest BCUT2D eigenvalue weighted by atomic mass is 9.79. The number of nitrogens with zero attached hydrogens (tertiary/aromatic N) is 2. The van der Waals surface area contributed by atoms with Gasteiger partial charge in [0.25, 0.3) is 0 Å². The van der Waals surface area contributed by atoms with Crippen molar-refractivity contribution >= 4 is 23.6 Å². The zero-order valence-corrected chi connectivity index (χ0v) is 16.7. The van der Waals surface area contributed by atoms with Gasteiger partial charge in [-0.1, -0.05) is 6.92 Å². The van der Waals surface area contributed by atoms with Crippen molar-refractivity contribution in [1.82, 2.24) is 15.1 Å². The Morgan fingerprint density at radius 2 is 2.19 bits per heavy atom. The van der Waals surface area contributed by atoms with Gasteiger partial charge in [0.2, 0.25) is 5.91 Å². The lowest BCUT2D eigenvalue weighted by molar-refractivity contribution is -0.163. The topological polar surface area (TPSA) is 93.1 Å². The number of aliphatic carboxylic acids is 1. The van der Waals surface area contributed by atoms with Gasteiger partial charge in [0.1, 0.15) is 5.70 Å². The largest absolute Gasteiger partial charge is 0.477 e. The average Bonchev–Trinajstić information content (AvgIpc) is 3.30. The first-order valence-electron chi connectivity index (χ1n) is 9.96. The smallest absolute Gasteiger partial charge is 0.353 e. The first kappa shape index (κ1) is 19.2. The molecular weight excluding hydrogens is 366 g/mol. The molecule has 0 aromatic rings. The van der Waals surface area contributed by atoms with E-state index in [1.54, 1.807) is 18.7 Å². The van der Waals surface area contributed by atoms with Gasteiger partial charge in [-0.25, -0.2) is 4.79 Å². The Bertz CT molecular complexity index is 661. The molecule has 27 heavy (non-hydrogen) atoms. The minimum absolute atomic E-state index is 0.0357. The predicted molar refractivity (Wildman–Crippen MR) is 103 cm³/mol. The number of nitrogens with one attached hydrogen (secondary N) is 1. The number of rotatable bonds is 6. The van der Waals surface area contributed by atoms with E-state index in [1.165, 1.54) is 11.3 Å². The maximum Gasteiger partial charge on any atom is 0.353 e. The second-order valence-electron chi connectivity index (χ2n) is 8.42. The molecule has 4 aliphatic heterocycles. The Balaban J connectivity index is 1.45. The van der Waals surface area contributed by atoms with Crippen molar-refractivity contribution in [3.63, 3.8) is 0 Å². The van der Waals surface area contributed by atoms with Gasteiger partial charge in [-0.3, -0.25) is 4.79 Å². The number of carbonyl (C=O) groups excluding carboxylic acids is 1. The standard InChI is InChI=1S/C19H29N3O4S/c1-10-15-14(11(2)23)18(24)22(15)16(19(25)26)17(10)27-13-4-6-21(9-13)8-12-3-5-20-7-12/h10-15,20,23H,3-9H2,1-2H3,(H,25,26)/t10-,11?,12-,13-,14-,15-/m1/s1. The molecule has 0 aliphatic carbocycles. The van der Waals surface area contributed by atoms with Crippen molar-refractivity contribution in [3.8, 4) is 0 Å². The molecule has 7 nitrogen and oxygen atoms in total. The Morgan fingerprint density at radius 1 is 1.41 bits per heavy atom. The molecule has 0 spiro atoms. The van der Waals surface area contributed by atoms with Crippen LogP contribution in [-0.2, 0) is 9.59 Å². The van der Waals surface area contributed by atoms with E-state index in [2.05, 4.69) is 10.2 Å². The quantitative estimate of drug-likeness (QED) is 0.566. The van der Waals surface area contributed by atoms with Gasteiger partial charge < -0.3 is 25.3 Å². The minimum atomic E-state index is -1.03. The van der Waals surface area contributed by atoms with Crippen LogP contribution in [0, 0.1) is 17.8 Å². The summed E-state index contributed by atoms with van der Waals surface area (Å²) in [5.41, 5.74) is 0.151. The molecule has 150 valence electrons. The molecule has 6 atom stereocenters. The van der Waals surface area contributed by atoms with Crippen molar-refractivity contribution in [1.29, 1.82) is 0 Å². The molecule has 0 saturated carbocycles. The van der Waals surface area contributed by atoms with Crippen LogP contribution in [-0.4, -0.2) is 82.0 Å². The van der Waals surface area contributed by atoms with E-state index in [0.29, 0.717) is 5.25 Å². The van der Waals surface area contributed by atoms with E-state index >= 15 is 0 Å². The monoisotopic (exact) mass is 395 g/mol. The average molecular weight is 396 g/mol. The normalized spacial score (nSPS) is 37.7. The maximum absolute atomic E-state index is 12.4. The van der Waals surface area contributed by atoms with E-state index in [-0.39, 0.29) is 23.6 Å². The second-order valence-corrected chi connectivity index (χ2v) is 9.76. The molecule has 3 saturated heterocycles. The van der Waals surface area contributed by atoms with Crippen LogP contribution in [0.4, 0.5) is 0 Å². The summed E-state index contributed by atoms with van der Waals surface area (Å²) in [7, 11) is 0. The van der Waals surface area contributed by atoms with Crippen LogP contribution in [0.15, 0.2) is 10.6 Å².